The zero-order chi connectivity index (χ0) is 17.7. The number of likely N-dealkylation sites (tertiary alicyclic amines) is 1. The zero-order valence-electron chi connectivity index (χ0n) is 14.1. The smallest absolute Gasteiger partial charge is 0.405 e. The van der Waals surface area contributed by atoms with Crippen LogP contribution in [0, 0.1) is 0 Å². The minimum Gasteiger partial charge on any atom is -0.465 e. The van der Waals surface area contributed by atoms with E-state index in [0.717, 1.165) is 0 Å². The monoisotopic (exact) mass is 343 g/mol. The molecule has 3 amide bonds. The van der Waals surface area contributed by atoms with Crippen molar-refractivity contribution in [2.24, 2.45) is 0 Å². The van der Waals surface area contributed by atoms with E-state index < -0.39 is 18.2 Å². The molecule has 2 fully saturated rings. The molecule has 0 unspecified atom stereocenters. The van der Waals surface area contributed by atoms with Crippen molar-refractivity contribution >= 4 is 17.9 Å². The summed E-state index contributed by atoms with van der Waals surface area (Å²) in [4.78, 5) is 39.2. The molecule has 0 radical (unpaired) electrons. The van der Waals surface area contributed by atoms with Crippen molar-refractivity contribution in [1.29, 1.82) is 0 Å². The number of carbonyl (C=O) groups excluding carboxylic acids is 2. The van der Waals surface area contributed by atoms with E-state index in [1.807, 2.05) is 13.8 Å². The third-order valence-corrected chi connectivity index (χ3v) is 4.11. The van der Waals surface area contributed by atoms with Crippen LogP contribution in [-0.4, -0.2) is 90.5 Å². The Morgan fingerprint density at radius 3 is 2.58 bits per heavy atom. The number of carboxylic acid groups (broad SMARTS) is 1. The van der Waals surface area contributed by atoms with Gasteiger partial charge in [0.25, 0.3) is 0 Å². The second-order valence-electron chi connectivity index (χ2n) is 6.16. The van der Waals surface area contributed by atoms with Crippen LogP contribution in [0.5, 0.6) is 0 Å². The van der Waals surface area contributed by atoms with Crippen LogP contribution in [0.1, 0.15) is 20.3 Å². The van der Waals surface area contributed by atoms with Crippen molar-refractivity contribution in [3.8, 4) is 0 Å². The van der Waals surface area contributed by atoms with Gasteiger partial charge in [-0.05, 0) is 20.3 Å². The van der Waals surface area contributed by atoms with Crippen LogP contribution in [0.25, 0.3) is 0 Å². The van der Waals surface area contributed by atoms with Gasteiger partial charge in [0.05, 0.1) is 25.9 Å². The van der Waals surface area contributed by atoms with Gasteiger partial charge in [0.2, 0.25) is 11.8 Å². The van der Waals surface area contributed by atoms with Gasteiger partial charge in [-0.15, -0.1) is 0 Å². The second kappa shape index (κ2) is 8.29. The summed E-state index contributed by atoms with van der Waals surface area (Å²) in [5, 5.41) is 11.0. The lowest BCUT2D eigenvalue weighted by molar-refractivity contribution is -0.150. The summed E-state index contributed by atoms with van der Waals surface area (Å²) in [6.07, 6.45) is -0.972. The summed E-state index contributed by atoms with van der Waals surface area (Å²) in [6, 6.07) is -1.54. The topological polar surface area (TPSA) is 108 Å². The summed E-state index contributed by atoms with van der Waals surface area (Å²) < 4.78 is 10.8. The molecule has 0 bridgehead atoms. The van der Waals surface area contributed by atoms with Gasteiger partial charge in [-0.2, -0.15) is 0 Å². The fraction of sp³-hybridized carbons (Fsp3) is 0.800. The van der Waals surface area contributed by atoms with Gasteiger partial charge in [-0.1, -0.05) is 0 Å². The number of hydrogen-bond acceptors (Lipinski definition) is 5. The maximum Gasteiger partial charge on any atom is 0.405 e. The zero-order valence-corrected chi connectivity index (χ0v) is 14.1. The first-order valence-corrected chi connectivity index (χ1v) is 8.18. The second-order valence-corrected chi connectivity index (χ2v) is 6.16. The largest absolute Gasteiger partial charge is 0.465 e. The SMILES string of the molecule is CC(C)OC[C@@H](C(=O)N1CCOCC1)N1CC[C@H](NC(=O)O)C1=O. The number of nitrogens with one attached hydrogen (secondary N) is 1. The third-order valence-electron chi connectivity index (χ3n) is 4.11. The Labute approximate surface area is 140 Å². The lowest BCUT2D eigenvalue weighted by Crippen LogP contribution is -2.55. The maximum atomic E-state index is 12.8. The van der Waals surface area contributed by atoms with Crippen molar-refractivity contribution < 1.29 is 29.0 Å². The number of carbonyl (C=O) groups is 3. The molecule has 2 N–H and O–H groups in total. The van der Waals surface area contributed by atoms with Crippen molar-refractivity contribution in [1.82, 2.24) is 15.1 Å². The highest BCUT2D eigenvalue weighted by Crippen LogP contribution is 2.18. The predicted molar refractivity (Wildman–Crippen MR) is 83.6 cm³/mol. The molecule has 2 rings (SSSR count). The standard InChI is InChI=1S/C15H25N3O6/c1-10(2)24-9-12(14(20)17-5-7-23-8-6-17)18-4-3-11(13(18)19)16-15(21)22/h10-12,16H,3-9H2,1-2H3,(H,21,22)/t11-,12-/m0/s1. The Bertz CT molecular complexity index is 478. The van der Waals surface area contributed by atoms with Crippen molar-refractivity contribution in [2.75, 3.05) is 39.5 Å². The highest BCUT2D eigenvalue weighted by Gasteiger charge is 2.41. The predicted octanol–water partition coefficient (Wildman–Crippen LogP) is -0.493. The number of hydrogen-bond donors (Lipinski definition) is 2. The molecule has 0 saturated carbocycles. The molecule has 0 aromatic heterocycles. The highest BCUT2D eigenvalue weighted by atomic mass is 16.5. The van der Waals surface area contributed by atoms with Crippen LogP contribution in [0.4, 0.5) is 4.79 Å². The van der Waals surface area contributed by atoms with Gasteiger partial charge >= 0.3 is 6.09 Å². The van der Waals surface area contributed by atoms with E-state index in [1.54, 1.807) is 4.90 Å². The Kier molecular flexibility index (Phi) is 6.38. The van der Waals surface area contributed by atoms with Crippen molar-refractivity contribution in [3.63, 3.8) is 0 Å². The normalized spacial score (nSPS) is 22.8. The van der Waals surface area contributed by atoms with Crippen molar-refractivity contribution in [2.45, 2.75) is 38.5 Å². The molecule has 2 saturated heterocycles. The maximum absolute atomic E-state index is 12.8. The van der Waals surface area contributed by atoms with Gasteiger partial charge in [-0.25, -0.2) is 4.79 Å². The van der Waals surface area contributed by atoms with E-state index in [-0.39, 0.29) is 24.5 Å². The van der Waals surface area contributed by atoms with E-state index in [2.05, 4.69) is 5.32 Å². The molecule has 9 heteroatoms. The molecule has 2 atom stereocenters. The summed E-state index contributed by atoms with van der Waals surface area (Å²) in [5.41, 5.74) is 0. The van der Waals surface area contributed by atoms with Crippen LogP contribution in [0.3, 0.4) is 0 Å². The molecule has 136 valence electrons. The number of rotatable bonds is 6. The van der Waals surface area contributed by atoms with Crippen LogP contribution in [0.2, 0.25) is 0 Å². The number of ether oxygens (including phenoxy) is 2. The highest BCUT2D eigenvalue weighted by molar-refractivity contribution is 5.92. The lowest BCUT2D eigenvalue weighted by atomic mass is 10.2. The molecule has 0 aliphatic carbocycles. The average molecular weight is 343 g/mol. The summed E-state index contributed by atoms with van der Waals surface area (Å²) in [7, 11) is 0. The minimum atomic E-state index is -1.25. The van der Waals surface area contributed by atoms with Gasteiger partial charge < -0.3 is 29.7 Å². The first-order valence-electron chi connectivity index (χ1n) is 8.18. The molecule has 2 aliphatic rings. The Balaban J connectivity index is 2.08. The Hall–Kier alpha value is -1.87. The van der Waals surface area contributed by atoms with Gasteiger partial charge in [-0.3, -0.25) is 9.59 Å². The van der Waals surface area contributed by atoms with E-state index in [1.165, 1.54) is 4.90 Å². The van der Waals surface area contributed by atoms with Gasteiger partial charge in [0, 0.05) is 19.6 Å². The average Bonchev–Trinajstić information content (AvgIpc) is 2.88. The molecule has 2 aliphatic heterocycles. The molecular formula is C15H25N3O6. The Morgan fingerprint density at radius 2 is 2.00 bits per heavy atom. The summed E-state index contributed by atoms with van der Waals surface area (Å²) >= 11 is 0. The van der Waals surface area contributed by atoms with E-state index in [4.69, 9.17) is 14.6 Å². The summed E-state index contributed by atoms with van der Waals surface area (Å²) in [6.45, 7) is 6.05. The van der Waals surface area contributed by atoms with Crippen LogP contribution < -0.4 is 5.32 Å². The molecule has 2 heterocycles. The molecule has 0 aromatic carbocycles. The fourth-order valence-corrected chi connectivity index (χ4v) is 2.87. The quantitative estimate of drug-likeness (QED) is 0.673. The molecule has 0 aromatic rings. The first-order chi connectivity index (χ1) is 11.4. The van der Waals surface area contributed by atoms with Gasteiger partial charge in [0.15, 0.2) is 0 Å². The van der Waals surface area contributed by atoms with E-state index in [0.29, 0.717) is 39.3 Å². The first kappa shape index (κ1) is 18.5. The molecule has 0 spiro atoms. The molecule has 24 heavy (non-hydrogen) atoms. The minimum absolute atomic E-state index is 0.0735. The number of amides is 3. The van der Waals surface area contributed by atoms with E-state index >= 15 is 0 Å². The van der Waals surface area contributed by atoms with Crippen LogP contribution in [-0.2, 0) is 19.1 Å². The van der Waals surface area contributed by atoms with Crippen LogP contribution in [0.15, 0.2) is 0 Å². The number of nitrogens with zero attached hydrogens (tertiary/aromatic N) is 2. The molecule has 9 nitrogen and oxygen atoms in total. The lowest BCUT2D eigenvalue weighted by Gasteiger charge is -2.34. The summed E-state index contributed by atoms with van der Waals surface area (Å²) in [5.74, 6) is -0.556. The third kappa shape index (κ3) is 4.57. The number of morpholine rings is 1. The Morgan fingerprint density at radius 1 is 1.33 bits per heavy atom. The molecular weight excluding hydrogens is 318 g/mol. The van der Waals surface area contributed by atoms with Crippen molar-refractivity contribution in [3.05, 3.63) is 0 Å². The van der Waals surface area contributed by atoms with Gasteiger partial charge in [0.1, 0.15) is 12.1 Å². The van der Waals surface area contributed by atoms with Crippen LogP contribution >= 0.6 is 0 Å². The fourth-order valence-electron chi connectivity index (χ4n) is 2.87. The van der Waals surface area contributed by atoms with E-state index in [9.17, 15) is 14.4 Å².